The van der Waals surface area contributed by atoms with Crippen LogP contribution in [0, 0.1) is 6.92 Å². The zero-order chi connectivity index (χ0) is 13.5. The van der Waals surface area contributed by atoms with Crippen LogP contribution in [0.2, 0.25) is 0 Å². The summed E-state index contributed by atoms with van der Waals surface area (Å²) in [5.41, 5.74) is 0. The average Bonchev–Trinajstić information content (AvgIpc) is 2.35. The lowest BCUT2D eigenvalue weighted by Gasteiger charge is -2.28. The maximum Gasteiger partial charge on any atom is 0.134 e. The first-order valence-corrected chi connectivity index (χ1v) is 7.83. The average molecular weight is 268 g/mol. The van der Waals surface area contributed by atoms with Gasteiger partial charge in [0, 0.05) is 31.5 Å². The molecule has 1 aromatic rings. The van der Waals surface area contributed by atoms with Crippen molar-refractivity contribution in [2.75, 3.05) is 35.8 Å². The number of rotatable bonds is 7. The van der Waals surface area contributed by atoms with Gasteiger partial charge in [-0.2, -0.15) is 11.8 Å². The SMILES string of the molecule is CCNc1cc(N(C)C(CC)CSC)nc(C)n1. The van der Waals surface area contributed by atoms with Crippen LogP contribution in [0.1, 0.15) is 26.1 Å². The fourth-order valence-corrected chi connectivity index (χ4v) is 2.73. The van der Waals surface area contributed by atoms with Crippen LogP contribution >= 0.6 is 11.8 Å². The summed E-state index contributed by atoms with van der Waals surface area (Å²) in [6, 6.07) is 2.54. The summed E-state index contributed by atoms with van der Waals surface area (Å²) in [5, 5.41) is 3.25. The Morgan fingerprint density at radius 2 is 2.11 bits per heavy atom. The van der Waals surface area contributed by atoms with Crippen molar-refractivity contribution >= 4 is 23.4 Å². The predicted octanol–water partition coefficient (Wildman–Crippen LogP) is 2.79. The molecule has 0 aliphatic heterocycles. The van der Waals surface area contributed by atoms with E-state index in [4.69, 9.17) is 0 Å². The molecule has 1 aromatic heterocycles. The number of nitrogens with zero attached hydrogens (tertiary/aromatic N) is 3. The van der Waals surface area contributed by atoms with Gasteiger partial charge in [0.25, 0.3) is 0 Å². The molecule has 0 fully saturated rings. The summed E-state index contributed by atoms with van der Waals surface area (Å²) in [5.74, 6) is 3.84. The van der Waals surface area contributed by atoms with Crippen molar-refractivity contribution < 1.29 is 0 Å². The number of aryl methyl sites for hydroxylation is 1. The second kappa shape index (κ2) is 7.46. The quantitative estimate of drug-likeness (QED) is 0.823. The molecule has 0 saturated heterocycles. The van der Waals surface area contributed by atoms with E-state index in [1.54, 1.807) is 0 Å². The van der Waals surface area contributed by atoms with E-state index < -0.39 is 0 Å². The molecular formula is C13H24N4S. The zero-order valence-corrected chi connectivity index (χ0v) is 12.8. The van der Waals surface area contributed by atoms with Crippen LogP contribution in [0.15, 0.2) is 6.07 Å². The molecule has 0 bridgehead atoms. The van der Waals surface area contributed by atoms with E-state index in [9.17, 15) is 0 Å². The van der Waals surface area contributed by atoms with Gasteiger partial charge in [0.2, 0.25) is 0 Å². The molecule has 1 rings (SSSR count). The minimum atomic E-state index is 0.517. The van der Waals surface area contributed by atoms with Gasteiger partial charge in [-0.3, -0.25) is 0 Å². The van der Waals surface area contributed by atoms with Crippen molar-refractivity contribution in [3.8, 4) is 0 Å². The highest BCUT2D eigenvalue weighted by atomic mass is 32.2. The lowest BCUT2D eigenvalue weighted by molar-refractivity contribution is 0.664. The monoisotopic (exact) mass is 268 g/mol. The van der Waals surface area contributed by atoms with Gasteiger partial charge in [0.1, 0.15) is 17.5 Å². The molecule has 1 heterocycles. The standard InChI is InChI=1S/C13H24N4S/c1-6-11(9-18-5)17(4)13-8-12(14-7-2)15-10(3)16-13/h8,11H,6-7,9H2,1-5H3,(H,14,15,16). The van der Waals surface area contributed by atoms with E-state index in [1.165, 1.54) is 0 Å². The predicted molar refractivity (Wildman–Crippen MR) is 81.8 cm³/mol. The third-order valence-electron chi connectivity index (χ3n) is 2.92. The Morgan fingerprint density at radius 3 is 2.67 bits per heavy atom. The van der Waals surface area contributed by atoms with Crippen molar-refractivity contribution in [1.82, 2.24) is 9.97 Å². The fourth-order valence-electron chi connectivity index (χ4n) is 1.89. The first-order chi connectivity index (χ1) is 8.62. The van der Waals surface area contributed by atoms with E-state index in [2.05, 4.69) is 47.3 Å². The number of nitrogens with one attached hydrogen (secondary N) is 1. The molecule has 5 heteroatoms. The minimum Gasteiger partial charge on any atom is -0.370 e. The largest absolute Gasteiger partial charge is 0.370 e. The van der Waals surface area contributed by atoms with E-state index in [1.807, 2.05) is 24.8 Å². The van der Waals surface area contributed by atoms with Crippen LogP contribution in [-0.4, -0.2) is 41.6 Å². The molecule has 0 aromatic carbocycles. The second-order valence-corrected chi connectivity index (χ2v) is 5.23. The van der Waals surface area contributed by atoms with Crippen molar-refractivity contribution in [1.29, 1.82) is 0 Å². The highest BCUT2D eigenvalue weighted by molar-refractivity contribution is 7.98. The van der Waals surface area contributed by atoms with E-state index in [0.717, 1.165) is 36.2 Å². The Labute approximate surface area is 115 Å². The van der Waals surface area contributed by atoms with Crippen molar-refractivity contribution in [3.05, 3.63) is 11.9 Å². The van der Waals surface area contributed by atoms with Gasteiger partial charge < -0.3 is 10.2 Å². The summed E-state index contributed by atoms with van der Waals surface area (Å²) < 4.78 is 0. The van der Waals surface area contributed by atoms with Crippen LogP contribution < -0.4 is 10.2 Å². The van der Waals surface area contributed by atoms with Crippen molar-refractivity contribution in [2.45, 2.75) is 33.2 Å². The van der Waals surface area contributed by atoms with Crippen LogP contribution in [-0.2, 0) is 0 Å². The molecule has 0 radical (unpaired) electrons. The first-order valence-electron chi connectivity index (χ1n) is 6.43. The Kier molecular flexibility index (Phi) is 6.25. The summed E-state index contributed by atoms with van der Waals surface area (Å²) in [6.07, 6.45) is 3.27. The van der Waals surface area contributed by atoms with E-state index in [0.29, 0.717) is 6.04 Å². The molecule has 0 spiro atoms. The normalized spacial score (nSPS) is 12.3. The molecule has 1 atom stereocenters. The van der Waals surface area contributed by atoms with Crippen molar-refractivity contribution in [3.63, 3.8) is 0 Å². The van der Waals surface area contributed by atoms with Crippen LogP contribution in [0.5, 0.6) is 0 Å². The summed E-state index contributed by atoms with van der Waals surface area (Å²) in [4.78, 5) is 11.2. The van der Waals surface area contributed by atoms with E-state index >= 15 is 0 Å². The smallest absolute Gasteiger partial charge is 0.134 e. The maximum absolute atomic E-state index is 4.53. The molecule has 4 nitrogen and oxygen atoms in total. The van der Waals surface area contributed by atoms with Gasteiger partial charge >= 0.3 is 0 Å². The number of aromatic nitrogens is 2. The maximum atomic E-state index is 4.53. The number of anilines is 2. The minimum absolute atomic E-state index is 0.517. The summed E-state index contributed by atoms with van der Waals surface area (Å²) in [7, 11) is 2.11. The van der Waals surface area contributed by atoms with Crippen LogP contribution in [0.25, 0.3) is 0 Å². The Bertz CT molecular complexity index is 370. The second-order valence-electron chi connectivity index (χ2n) is 4.32. The third kappa shape index (κ3) is 4.05. The lowest BCUT2D eigenvalue weighted by atomic mass is 10.2. The van der Waals surface area contributed by atoms with Gasteiger partial charge in [-0.15, -0.1) is 0 Å². The Hall–Kier alpha value is -0.970. The molecule has 0 aliphatic carbocycles. The highest BCUT2D eigenvalue weighted by Gasteiger charge is 2.15. The fraction of sp³-hybridized carbons (Fsp3) is 0.692. The van der Waals surface area contributed by atoms with Crippen molar-refractivity contribution in [2.24, 2.45) is 0 Å². The Morgan fingerprint density at radius 1 is 1.39 bits per heavy atom. The number of hydrogen-bond acceptors (Lipinski definition) is 5. The molecule has 1 unspecified atom stereocenters. The topological polar surface area (TPSA) is 41.0 Å². The van der Waals surface area contributed by atoms with Crippen LogP contribution in [0.3, 0.4) is 0 Å². The summed E-state index contributed by atoms with van der Waals surface area (Å²) >= 11 is 1.88. The molecule has 102 valence electrons. The number of thioether (sulfide) groups is 1. The first kappa shape index (κ1) is 15.1. The highest BCUT2D eigenvalue weighted by Crippen LogP contribution is 2.19. The van der Waals surface area contributed by atoms with E-state index in [-0.39, 0.29) is 0 Å². The van der Waals surface area contributed by atoms with Gasteiger partial charge in [0.15, 0.2) is 0 Å². The molecule has 18 heavy (non-hydrogen) atoms. The van der Waals surface area contributed by atoms with Gasteiger partial charge in [0.05, 0.1) is 0 Å². The lowest BCUT2D eigenvalue weighted by Crippen LogP contribution is -2.34. The molecule has 0 saturated carbocycles. The summed E-state index contributed by atoms with van der Waals surface area (Å²) in [6.45, 7) is 7.11. The molecule has 0 aliphatic rings. The molecular weight excluding hydrogens is 244 g/mol. The van der Waals surface area contributed by atoms with Crippen LogP contribution in [0.4, 0.5) is 11.6 Å². The Balaban J connectivity index is 2.92. The molecule has 0 amide bonds. The van der Waals surface area contributed by atoms with Gasteiger partial charge in [-0.05, 0) is 26.5 Å². The third-order valence-corrected chi connectivity index (χ3v) is 3.64. The number of hydrogen-bond donors (Lipinski definition) is 1. The van der Waals surface area contributed by atoms with Gasteiger partial charge in [-0.25, -0.2) is 9.97 Å². The zero-order valence-electron chi connectivity index (χ0n) is 12.0. The van der Waals surface area contributed by atoms with Gasteiger partial charge in [-0.1, -0.05) is 6.92 Å². The molecule has 1 N–H and O–H groups in total.